The lowest BCUT2D eigenvalue weighted by Gasteiger charge is -2.28. The van der Waals surface area contributed by atoms with Crippen molar-refractivity contribution in [2.75, 3.05) is 6.61 Å². The number of alkyl halides is 4. The number of carbonyl (C=O) groups is 2. The Bertz CT molecular complexity index is 628. The van der Waals surface area contributed by atoms with Crippen LogP contribution in [-0.2, 0) is 34.9 Å². The number of aliphatic hydroxyl groups excluding tert-OH is 1. The van der Waals surface area contributed by atoms with Crippen molar-refractivity contribution in [2.24, 2.45) is 11.8 Å². The lowest BCUT2D eigenvalue weighted by molar-refractivity contribution is -0.176. The molecule has 0 aliphatic carbocycles. The smallest absolute Gasteiger partial charge is 0.371 e. The molecule has 7 unspecified atom stereocenters. The molecule has 0 aromatic rings. The molecule has 3 rings (SSSR count). The van der Waals surface area contributed by atoms with Gasteiger partial charge in [-0.3, -0.25) is 13.8 Å². The molecule has 0 spiro atoms. The van der Waals surface area contributed by atoms with Gasteiger partial charge in [0.2, 0.25) is 0 Å². The van der Waals surface area contributed by atoms with Crippen molar-refractivity contribution in [3.05, 3.63) is 0 Å². The van der Waals surface area contributed by atoms with E-state index in [1.165, 1.54) is 0 Å². The van der Waals surface area contributed by atoms with Crippen LogP contribution in [0.1, 0.15) is 6.42 Å². The molecular formula is C12H11F4O8S-. The summed E-state index contributed by atoms with van der Waals surface area (Å²) in [6, 6.07) is 0. The summed E-state index contributed by atoms with van der Waals surface area (Å²) in [6.07, 6.45) is -5.95. The Morgan fingerprint density at radius 3 is 2.52 bits per heavy atom. The predicted octanol–water partition coefficient (Wildman–Crippen LogP) is -0.673. The quantitative estimate of drug-likeness (QED) is 0.359. The number of fused-ring (bicyclic) bond motifs is 1. The number of aliphatic hydroxyl groups is 1. The van der Waals surface area contributed by atoms with Gasteiger partial charge in [0.1, 0.15) is 30.1 Å². The molecule has 3 aliphatic rings. The van der Waals surface area contributed by atoms with Gasteiger partial charge in [-0.15, -0.1) is 0 Å². The summed E-state index contributed by atoms with van der Waals surface area (Å²) in [7, 11) is 0. The van der Waals surface area contributed by atoms with Gasteiger partial charge in [-0.1, -0.05) is 0 Å². The maximum Gasteiger partial charge on any atom is 0.371 e. The Kier molecular flexibility index (Phi) is 4.33. The Hall–Kier alpha value is -1.31. The van der Waals surface area contributed by atoms with Crippen LogP contribution in [0, 0.1) is 11.8 Å². The summed E-state index contributed by atoms with van der Waals surface area (Å²) < 4.78 is 87.2. The first-order valence-corrected chi connectivity index (χ1v) is 8.12. The highest BCUT2D eigenvalue weighted by molar-refractivity contribution is 7.80. The molecule has 8 nitrogen and oxygen atoms in total. The molecule has 0 saturated carbocycles. The fourth-order valence-electron chi connectivity index (χ4n) is 3.27. The monoisotopic (exact) mass is 391 g/mol. The van der Waals surface area contributed by atoms with E-state index in [4.69, 9.17) is 9.47 Å². The molecule has 13 heteroatoms. The van der Waals surface area contributed by atoms with E-state index in [0.29, 0.717) is 0 Å². The number of hydrogen-bond acceptors (Lipinski definition) is 8. The van der Waals surface area contributed by atoms with Crippen molar-refractivity contribution >= 4 is 23.0 Å². The fourth-order valence-corrected chi connectivity index (χ4v) is 3.62. The number of halogens is 4. The minimum atomic E-state index is -5.33. The van der Waals surface area contributed by atoms with Gasteiger partial charge in [-0.05, 0) is 0 Å². The first-order valence-electron chi connectivity index (χ1n) is 7.04. The molecule has 7 atom stereocenters. The second-order valence-electron chi connectivity index (χ2n) is 5.88. The molecule has 0 radical (unpaired) electrons. The molecule has 1 N–H and O–H groups in total. The van der Waals surface area contributed by atoms with Gasteiger partial charge >= 0.3 is 23.1 Å². The van der Waals surface area contributed by atoms with Crippen LogP contribution in [0.2, 0.25) is 0 Å². The fraction of sp³-hybridized carbons (Fsp3) is 0.833. The van der Waals surface area contributed by atoms with Crippen molar-refractivity contribution in [3.63, 3.8) is 0 Å². The van der Waals surface area contributed by atoms with Crippen LogP contribution in [0.3, 0.4) is 0 Å². The molecule has 3 aliphatic heterocycles. The molecule has 2 bridgehead atoms. The summed E-state index contributed by atoms with van der Waals surface area (Å²) in [5.74, 6) is -9.34. The van der Waals surface area contributed by atoms with Gasteiger partial charge in [0.15, 0.2) is 6.10 Å². The Morgan fingerprint density at radius 2 is 1.92 bits per heavy atom. The lowest BCUT2D eigenvalue weighted by Crippen LogP contribution is -2.47. The number of ether oxygens (including phenoxy) is 3. The molecular weight excluding hydrogens is 380 g/mol. The second kappa shape index (κ2) is 5.86. The van der Waals surface area contributed by atoms with Gasteiger partial charge < -0.3 is 23.9 Å². The molecule has 25 heavy (non-hydrogen) atoms. The third-order valence-corrected chi connectivity index (χ3v) is 5.22. The van der Waals surface area contributed by atoms with E-state index in [9.17, 15) is 41.0 Å². The van der Waals surface area contributed by atoms with E-state index in [2.05, 4.69) is 4.74 Å². The molecule has 0 aromatic heterocycles. The summed E-state index contributed by atoms with van der Waals surface area (Å²) in [5.41, 5.74) is 0. The highest BCUT2D eigenvalue weighted by Crippen LogP contribution is 2.50. The second-order valence-corrected chi connectivity index (χ2v) is 6.86. The van der Waals surface area contributed by atoms with Crippen LogP contribution in [0.4, 0.5) is 17.6 Å². The standard InChI is InChI=1S/C12H12F4O8S/c13-11(14,12(15,16)25(20)21)1-2-22-9(18)3-4-7-8(24-10(4)19)5(17)6(3)23-7/h3-8,17H,1-2H2,(H,20,21)/p-1. The summed E-state index contributed by atoms with van der Waals surface area (Å²) in [4.78, 5) is 23.7. The lowest BCUT2D eigenvalue weighted by atomic mass is 9.78. The molecule has 3 heterocycles. The van der Waals surface area contributed by atoms with Crippen molar-refractivity contribution in [2.45, 2.75) is 42.0 Å². The Morgan fingerprint density at radius 1 is 1.28 bits per heavy atom. The Balaban J connectivity index is 1.61. The van der Waals surface area contributed by atoms with Crippen LogP contribution in [0.5, 0.6) is 0 Å². The van der Waals surface area contributed by atoms with Crippen LogP contribution in [-0.4, -0.2) is 68.0 Å². The first-order chi connectivity index (χ1) is 11.5. The molecule has 3 fully saturated rings. The van der Waals surface area contributed by atoms with Crippen molar-refractivity contribution < 1.29 is 55.2 Å². The number of carbonyl (C=O) groups excluding carboxylic acids is 2. The van der Waals surface area contributed by atoms with Gasteiger partial charge in [-0.25, -0.2) is 0 Å². The van der Waals surface area contributed by atoms with E-state index >= 15 is 0 Å². The van der Waals surface area contributed by atoms with Gasteiger partial charge in [0.25, 0.3) is 0 Å². The van der Waals surface area contributed by atoms with E-state index in [0.717, 1.165) is 0 Å². The minimum Gasteiger partial charge on any atom is -0.768 e. The van der Waals surface area contributed by atoms with E-state index in [-0.39, 0.29) is 0 Å². The van der Waals surface area contributed by atoms with E-state index in [1.807, 2.05) is 0 Å². The summed E-state index contributed by atoms with van der Waals surface area (Å²) in [6.45, 7) is -1.21. The molecule has 0 aromatic carbocycles. The highest BCUT2D eigenvalue weighted by Gasteiger charge is 2.70. The van der Waals surface area contributed by atoms with Crippen molar-refractivity contribution in [1.82, 2.24) is 0 Å². The number of hydrogen-bond donors (Lipinski definition) is 1. The highest BCUT2D eigenvalue weighted by atomic mass is 32.2. The third kappa shape index (κ3) is 2.64. The molecule has 3 saturated heterocycles. The summed E-state index contributed by atoms with van der Waals surface area (Å²) >= 11 is -4.36. The van der Waals surface area contributed by atoms with Crippen LogP contribution in [0.25, 0.3) is 0 Å². The zero-order valence-corrected chi connectivity index (χ0v) is 12.9. The maximum absolute atomic E-state index is 13.2. The third-order valence-electron chi connectivity index (χ3n) is 4.50. The SMILES string of the molecule is O=C(OCCC(F)(F)C(F)(F)S(=O)[O-])C1C2OC3C(OC(=O)C31)C2O. The average molecular weight is 391 g/mol. The van der Waals surface area contributed by atoms with Gasteiger partial charge in [0, 0.05) is 11.1 Å². The largest absolute Gasteiger partial charge is 0.768 e. The first kappa shape index (κ1) is 18.5. The van der Waals surface area contributed by atoms with E-state index in [1.54, 1.807) is 0 Å². The minimum absolute atomic E-state index is 0.811. The Labute approximate surface area is 139 Å². The zero-order chi connectivity index (χ0) is 18.7. The zero-order valence-electron chi connectivity index (χ0n) is 12.1. The van der Waals surface area contributed by atoms with E-state index < -0.39 is 83.5 Å². The van der Waals surface area contributed by atoms with Crippen molar-refractivity contribution in [1.29, 1.82) is 0 Å². The average Bonchev–Trinajstić information content (AvgIpc) is 3.10. The maximum atomic E-state index is 13.2. The molecule has 0 amide bonds. The number of rotatable bonds is 6. The van der Waals surface area contributed by atoms with Crippen LogP contribution in [0.15, 0.2) is 0 Å². The van der Waals surface area contributed by atoms with Gasteiger partial charge in [0.05, 0.1) is 13.0 Å². The number of esters is 2. The van der Waals surface area contributed by atoms with Crippen LogP contribution >= 0.6 is 0 Å². The normalized spacial score (nSPS) is 37.9. The summed E-state index contributed by atoms with van der Waals surface area (Å²) in [5, 5.41) is 4.54. The topological polar surface area (TPSA) is 122 Å². The molecule has 142 valence electrons. The van der Waals surface area contributed by atoms with Gasteiger partial charge in [-0.2, -0.15) is 17.6 Å². The predicted molar refractivity (Wildman–Crippen MR) is 65.9 cm³/mol. The van der Waals surface area contributed by atoms with Crippen molar-refractivity contribution in [3.8, 4) is 0 Å². The van der Waals surface area contributed by atoms with Crippen LogP contribution < -0.4 is 0 Å².